The number of benzene rings is 1. The van der Waals surface area contributed by atoms with Crippen molar-refractivity contribution in [3.05, 3.63) is 29.8 Å². The second kappa shape index (κ2) is 6.16. The number of aryl methyl sites for hydroxylation is 1. The molecule has 0 saturated heterocycles. The molecule has 2 N–H and O–H groups in total. The Morgan fingerprint density at radius 1 is 1.50 bits per heavy atom. The maximum absolute atomic E-state index is 11.4. The van der Waals surface area contributed by atoms with E-state index in [1.54, 1.807) is 0 Å². The van der Waals surface area contributed by atoms with Gasteiger partial charge in [0.1, 0.15) is 0 Å². The van der Waals surface area contributed by atoms with Gasteiger partial charge in [-0.25, -0.2) is 0 Å². The molecule has 0 spiro atoms. The molecule has 0 aliphatic rings. The van der Waals surface area contributed by atoms with Crippen LogP contribution in [0.1, 0.15) is 32.3 Å². The van der Waals surface area contributed by atoms with Gasteiger partial charge in [0.2, 0.25) is 0 Å². The summed E-state index contributed by atoms with van der Waals surface area (Å²) in [7, 11) is 0. The van der Waals surface area contributed by atoms with Gasteiger partial charge in [0.15, 0.2) is 0 Å². The molecule has 1 unspecified atom stereocenters. The van der Waals surface area contributed by atoms with Crippen molar-refractivity contribution in [2.75, 3.05) is 5.73 Å². The predicted octanol–water partition coefficient (Wildman–Crippen LogP) is 2.54. The van der Waals surface area contributed by atoms with Crippen LogP contribution in [0, 0.1) is 0 Å². The molecule has 88 valence electrons. The fourth-order valence-electron chi connectivity index (χ4n) is 1.36. The Morgan fingerprint density at radius 3 is 2.88 bits per heavy atom. The Labute approximate surface area is 96.6 Å². The third-order valence-corrected chi connectivity index (χ3v) is 2.48. The molecule has 0 aliphatic carbocycles. The first kappa shape index (κ1) is 12.6. The lowest BCUT2D eigenvalue weighted by molar-refractivity contribution is -0.148. The zero-order valence-corrected chi connectivity index (χ0v) is 9.90. The number of nitrogens with two attached hydrogens (primary N) is 1. The van der Waals surface area contributed by atoms with Crippen LogP contribution in [-0.2, 0) is 16.0 Å². The number of hydrogen-bond acceptors (Lipinski definition) is 3. The molecule has 0 amide bonds. The van der Waals surface area contributed by atoms with Crippen molar-refractivity contribution in [1.82, 2.24) is 0 Å². The van der Waals surface area contributed by atoms with Crippen LogP contribution >= 0.6 is 0 Å². The van der Waals surface area contributed by atoms with Gasteiger partial charge in [-0.15, -0.1) is 0 Å². The molecule has 0 saturated carbocycles. The summed E-state index contributed by atoms with van der Waals surface area (Å²) >= 11 is 0. The summed E-state index contributed by atoms with van der Waals surface area (Å²) in [5.41, 5.74) is 7.45. The lowest BCUT2D eigenvalue weighted by Crippen LogP contribution is -2.14. The minimum atomic E-state index is -0.142. The van der Waals surface area contributed by atoms with Gasteiger partial charge in [0.25, 0.3) is 0 Å². The van der Waals surface area contributed by atoms with E-state index in [1.165, 1.54) is 0 Å². The number of esters is 1. The van der Waals surface area contributed by atoms with Gasteiger partial charge >= 0.3 is 5.97 Å². The van der Waals surface area contributed by atoms with E-state index in [-0.39, 0.29) is 12.1 Å². The summed E-state index contributed by atoms with van der Waals surface area (Å²) in [6.45, 7) is 3.90. The molecular formula is C13H19NO2. The van der Waals surface area contributed by atoms with Crippen molar-refractivity contribution in [2.45, 2.75) is 39.2 Å². The van der Waals surface area contributed by atoms with Gasteiger partial charge in [-0.05, 0) is 37.5 Å². The van der Waals surface area contributed by atoms with Crippen LogP contribution in [0.2, 0.25) is 0 Å². The lowest BCUT2D eigenvalue weighted by atomic mass is 10.1. The zero-order chi connectivity index (χ0) is 12.0. The molecule has 3 nitrogen and oxygen atoms in total. The van der Waals surface area contributed by atoms with E-state index in [0.29, 0.717) is 12.8 Å². The van der Waals surface area contributed by atoms with Crippen molar-refractivity contribution in [1.29, 1.82) is 0 Å². The molecule has 0 heterocycles. The molecule has 16 heavy (non-hydrogen) atoms. The SMILES string of the molecule is CCC(C)OC(=O)CCc1cccc(N)c1. The van der Waals surface area contributed by atoms with Crippen molar-refractivity contribution >= 4 is 11.7 Å². The highest BCUT2D eigenvalue weighted by Crippen LogP contribution is 2.09. The van der Waals surface area contributed by atoms with E-state index < -0.39 is 0 Å². The Morgan fingerprint density at radius 2 is 2.25 bits per heavy atom. The maximum Gasteiger partial charge on any atom is 0.306 e. The van der Waals surface area contributed by atoms with E-state index in [9.17, 15) is 4.79 Å². The van der Waals surface area contributed by atoms with Crippen LogP contribution in [0.25, 0.3) is 0 Å². The topological polar surface area (TPSA) is 52.3 Å². The molecule has 0 bridgehead atoms. The van der Waals surface area contributed by atoms with Crippen LogP contribution in [-0.4, -0.2) is 12.1 Å². The first-order chi connectivity index (χ1) is 7.61. The predicted molar refractivity (Wildman–Crippen MR) is 65.0 cm³/mol. The molecule has 0 aromatic heterocycles. The summed E-state index contributed by atoms with van der Waals surface area (Å²) in [6, 6.07) is 7.58. The van der Waals surface area contributed by atoms with E-state index in [2.05, 4.69) is 0 Å². The Balaban J connectivity index is 2.37. The molecule has 3 heteroatoms. The lowest BCUT2D eigenvalue weighted by Gasteiger charge is -2.10. The molecule has 0 radical (unpaired) electrons. The minimum absolute atomic E-state index is 0.00772. The Hall–Kier alpha value is -1.51. The third kappa shape index (κ3) is 4.34. The van der Waals surface area contributed by atoms with Crippen LogP contribution in [0.3, 0.4) is 0 Å². The zero-order valence-electron chi connectivity index (χ0n) is 9.90. The number of carbonyl (C=O) groups excluding carboxylic acids is 1. The molecular weight excluding hydrogens is 202 g/mol. The largest absolute Gasteiger partial charge is 0.463 e. The summed E-state index contributed by atoms with van der Waals surface area (Å²) in [5, 5.41) is 0. The minimum Gasteiger partial charge on any atom is -0.463 e. The van der Waals surface area contributed by atoms with Crippen molar-refractivity contribution in [2.24, 2.45) is 0 Å². The second-order valence-electron chi connectivity index (χ2n) is 3.95. The smallest absolute Gasteiger partial charge is 0.306 e. The van der Waals surface area contributed by atoms with E-state index in [1.807, 2.05) is 38.1 Å². The number of ether oxygens (including phenoxy) is 1. The molecule has 1 atom stereocenters. The first-order valence-electron chi connectivity index (χ1n) is 5.65. The average molecular weight is 221 g/mol. The normalized spacial score (nSPS) is 12.1. The third-order valence-electron chi connectivity index (χ3n) is 2.48. The summed E-state index contributed by atoms with van der Waals surface area (Å²) in [4.78, 5) is 11.4. The Kier molecular flexibility index (Phi) is 4.83. The summed E-state index contributed by atoms with van der Waals surface area (Å²) in [5.74, 6) is -0.142. The van der Waals surface area contributed by atoms with Crippen LogP contribution in [0.15, 0.2) is 24.3 Å². The highest BCUT2D eigenvalue weighted by molar-refractivity contribution is 5.70. The Bertz CT molecular complexity index is 350. The summed E-state index contributed by atoms with van der Waals surface area (Å²) in [6.07, 6.45) is 1.95. The second-order valence-corrected chi connectivity index (χ2v) is 3.95. The van der Waals surface area contributed by atoms with Gasteiger partial charge in [0, 0.05) is 12.1 Å². The first-order valence-corrected chi connectivity index (χ1v) is 5.65. The van der Waals surface area contributed by atoms with E-state index >= 15 is 0 Å². The highest BCUT2D eigenvalue weighted by atomic mass is 16.5. The van der Waals surface area contributed by atoms with Crippen molar-refractivity contribution in [3.8, 4) is 0 Å². The highest BCUT2D eigenvalue weighted by Gasteiger charge is 2.07. The van der Waals surface area contributed by atoms with Gasteiger partial charge < -0.3 is 10.5 Å². The van der Waals surface area contributed by atoms with Gasteiger partial charge in [-0.2, -0.15) is 0 Å². The standard InChI is InChI=1S/C13H19NO2/c1-3-10(2)16-13(15)8-7-11-5-4-6-12(14)9-11/h4-6,9-10H,3,7-8,14H2,1-2H3. The van der Waals surface area contributed by atoms with Crippen LogP contribution < -0.4 is 5.73 Å². The van der Waals surface area contributed by atoms with Gasteiger partial charge in [-0.3, -0.25) is 4.79 Å². The number of hydrogen-bond donors (Lipinski definition) is 1. The maximum atomic E-state index is 11.4. The van der Waals surface area contributed by atoms with Crippen LogP contribution in [0.4, 0.5) is 5.69 Å². The number of anilines is 1. The molecule has 1 aromatic carbocycles. The fraction of sp³-hybridized carbons (Fsp3) is 0.462. The van der Waals surface area contributed by atoms with Crippen molar-refractivity contribution < 1.29 is 9.53 Å². The van der Waals surface area contributed by atoms with E-state index in [4.69, 9.17) is 10.5 Å². The van der Waals surface area contributed by atoms with Crippen LogP contribution in [0.5, 0.6) is 0 Å². The fourth-order valence-corrected chi connectivity index (χ4v) is 1.36. The average Bonchev–Trinajstić information content (AvgIpc) is 2.26. The molecule has 0 fully saturated rings. The number of nitrogen functional groups attached to an aromatic ring is 1. The molecule has 1 aromatic rings. The molecule has 1 rings (SSSR count). The monoisotopic (exact) mass is 221 g/mol. The number of carbonyl (C=O) groups is 1. The quantitative estimate of drug-likeness (QED) is 0.614. The summed E-state index contributed by atoms with van der Waals surface area (Å²) < 4.78 is 5.18. The van der Waals surface area contributed by atoms with E-state index in [0.717, 1.165) is 17.7 Å². The van der Waals surface area contributed by atoms with Gasteiger partial charge in [0.05, 0.1) is 6.10 Å². The number of rotatable bonds is 5. The van der Waals surface area contributed by atoms with Gasteiger partial charge in [-0.1, -0.05) is 19.1 Å². The van der Waals surface area contributed by atoms with Crippen molar-refractivity contribution in [3.63, 3.8) is 0 Å². The molecule has 0 aliphatic heterocycles.